The van der Waals surface area contributed by atoms with E-state index in [-0.39, 0.29) is 22.6 Å². The number of sulfone groups is 1. The number of benzene rings is 1. The van der Waals surface area contributed by atoms with E-state index in [0.29, 0.717) is 0 Å². The maximum Gasteiger partial charge on any atom is 0.307 e. The topological polar surface area (TPSA) is 91.7 Å². The van der Waals surface area contributed by atoms with E-state index >= 15 is 0 Å². The van der Waals surface area contributed by atoms with Crippen LogP contribution in [0.1, 0.15) is 5.56 Å². The molecule has 6 heteroatoms. The Hall–Kier alpha value is -1.56. The third kappa shape index (κ3) is 2.95. The molecule has 82 valence electrons. The van der Waals surface area contributed by atoms with Crippen LogP contribution in [-0.2, 0) is 21.1 Å². The molecular weight excluding hydrogens is 220 g/mol. The van der Waals surface area contributed by atoms with Crippen LogP contribution in [0.3, 0.4) is 0 Å². The van der Waals surface area contributed by atoms with Crippen molar-refractivity contribution in [3.63, 3.8) is 0 Å². The first-order valence-corrected chi connectivity index (χ1v) is 5.93. The molecule has 0 fully saturated rings. The zero-order chi connectivity index (χ0) is 11.6. The molecule has 0 bridgehead atoms. The smallest absolute Gasteiger partial charge is 0.307 e. The Morgan fingerprint density at radius 2 is 2.00 bits per heavy atom. The summed E-state index contributed by atoms with van der Waals surface area (Å²) in [4.78, 5) is 10.3. The van der Waals surface area contributed by atoms with Gasteiger partial charge < -0.3 is 10.2 Å². The molecule has 1 aromatic rings. The minimum Gasteiger partial charge on any atom is -0.508 e. The van der Waals surface area contributed by atoms with Gasteiger partial charge in [0.2, 0.25) is 0 Å². The summed E-state index contributed by atoms with van der Waals surface area (Å²) in [6.45, 7) is 0. The van der Waals surface area contributed by atoms with Crippen molar-refractivity contribution in [2.45, 2.75) is 11.3 Å². The van der Waals surface area contributed by atoms with Crippen molar-refractivity contribution >= 4 is 15.8 Å². The fourth-order valence-corrected chi connectivity index (χ4v) is 1.73. The molecular formula is C9H10O5S. The van der Waals surface area contributed by atoms with Crippen LogP contribution >= 0.6 is 0 Å². The van der Waals surface area contributed by atoms with Gasteiger partial charge in [-0.3, -0.25) is 4.79 Å². The number of rotatable bonds is 3. The molecule has 0 atom stereocenters. The van der Waals surface area contributed by atoms with Crippen LogP contribution in [0.4, 0.5) is 0 Å². The van der Waals surface area contributed by atoms with E-state index in [4.69, 9.17) is 5.11 Å². The Morgan fingerprint density at radius 3 is 2.40 bits per heavy atom. The lowest BCUT2D eigenvalue weighted by Gasteiger charge is -2.03. The highest BCUT2D eigenvalue weighted by Gasteiger charge is 2.11. The zero-order valence-corrected chi connectivity index (χ0v) is 8.78. The molecule has 0 radical (unpaired) electrons. The van der Waals surface area contributed by atoms with Gasteiger partial charge in [0, 0.05) is 11.8 Å². The highest BCUT2D eigenvalue weighted by atomic mass is 32.2. The second-order valence-corrected chi connectivity index (χ2v) is 5.15. The molecule has 0 aliphatic rings. The molecule has 0 amide bonds. The summed E-state index contributed by atoms with van der Waals surface area (Å²) in [6, 6.07) is 3.61. The SMILES string of the molecule is CS(=O)(=O)c1ccc(CC(=O)O)c(O)c1. The Balaban J connectivity index is 3.15. The number of carboxylic acid groups (broad SMARTS) is 1. The summed E-state index contributed by atoms with van der Waals surface area (Å²) in [5.41, 5.74) is 0.190. The molecule has 15 heavy (non-hydrogen) atoms. The molecule has 5 nitrogen and oxygen atoms in total. The predicted molar refractivity (Wildman–Crippen MR) is 52.6 cm³/mol. The Morgan fingerprint density at radius 1 is 1.40 bits per heavy atom. The molecule has 2 N–H and O–H groups in total. The summed E-state index contributed by atoms with van der Waals surface area (Å²) >= 11 is 0. The third-order valence-corrected chi connectivity index (χ3v) is 2.94. The highest BCUT2D eigenvalue weighted by Crippen LogP contribution is 2.22. The maximum absolute atomic E-state index is 11.1. The molecule has 1 aromatic carbocycles. The lowest BCUT2D eigenvalue weighted by molar-refractivity contribution is -0.136. The largest absolute Gasteiger partial charge is 0.508 e. The van der Waals surface area contributed by atoms with E-state index in [2.05, 4.69) is 0 Å². The molecule has 0 heterocycles. The summed E-state index contributed by atoms with van der Waals surface area (Å²) in [6.07, 6.45) is 0.675. The molecule has 0 saturated heterocycles. The predicted octanol–water partition coefficient (Wildman–Crippen LogP) is 0.423. The molecule has 0 spiro atoms. The first kappa shape index (κ1) is 11.5. The number of phenolic OH excluding ortho intramolecular Hbond substituents is 1. The van der Waals surface area contributed by atoms with Crippen molar-refractivity contribution in [3.05, 3.63) is 23.8 Å². The van der Waals surface area contributed by atoms with Gasteiger partial charge in [0.1, 0.15) is 5.75 Å². The van der Waals surface area contributed by atoms with Gasteiger partial charge in [0.05, 0.1) is 11.3 Å². The van der Waals surface area contributed by atoms with Gasteiger partial charge in [-0.05, 0) is 12.1 Å². The first-order valence-electron chi connectivity index (χ1n) is 4.04. The molecule has 0 aromatic heterocycles. The third-order valence-electron chi connectivity index (χ3n) is 1.83. The van der Waals surface area contributed by atoms with E-state index in [1.54, 1.807) is 0 Å². The lowest BCUT2D eigenvalue weighted by Crippen LogP contribution is -2.02. The van der Waals surface area contributed by atoms with E-state index in [1.165, 1.54) is 12.1 Å². The summed E-state index contributed by atoms with van der Waals surface area (Å²) in [5.74, 6) is -1.40. The monoisotopic (exact) mass is 230 g/mol. The van der Waals surface area contributed by atoms with Gasteiger partial charge in [-0.15, -0.1) is 0 Å². The van der Waals surface area contributed by atoms with Crippen LogP contribution in [0.2, 0.25) is 0 Å². The van der Waals surface area contributed by atoms with E-state index < -0.39 is 15.8 Å². The zero-order valence-electron chi connectivity index (χ0n) is 7.97. The number of aliphatic carboxylic acids is 1. The van der Waals surface area contributed by atoms with Crippen molar-refractivity contribution in [2.75, 3.05) is 6.26 Å². The van der Waals surface area contributed by atoms with Gasteiger partial charge in [0.25, 0.3) is 0 Å². The number of carboxylic acids is 1. The Kier molecular flexibility index (Phi) is 2.99. The average molecular weight is 230 g/mol. The summed E-state index contributed by atoms with van der Waals surface area (Å²) < 4.78 is 22.2. The number of phenols is 1. The Bertz CT molecular complexity index is 489. The second-order valence-electron chi connectivity index (χ2n) is 3.13. The van der Waals surface area contributed by atoms with Crippen molar-refractivity contribution in [2.24, 2.45) is 0 Å². The normalized spacial score (nSPS) is 11.3. The quantitative estimate of drug-likeness (QED) is 0.785. The number of hydrogen-bond acceptors (Lipinski definition) is 4. The average Bonchev–Trinajstić information content (AvgIpc) is 2.05. The van der Waals surface area contributed by atoms with Crippen LogP contribution < -0.4 is 0 Å². The van der Waals surface area contributed by atoms with E-state index in [9.17, 15) is 18.3 Å². The molecule has 1 rings (SSSR count). The van der Waals surface area contributed by atoms with E-state index in [0.717, 1.165) is 12.3 Å². The van der Waals surface area contributed by atoms with E-state index in [1.807, 2.05) is 0 Å². The van der Waals surface area contributed by atoms with Crippen LogP contribution in [-0.4, -0.2) is 30.9 Å². The molecule has 0 aliphatic heterocycles. The molecule has 0 aliphatic carbocycles. The van der Waals surface area contributed by atoms with Gasteiger partial charge in [0.15, 0.2) is 9.84 Å². The summed E-state index contributed by atoms with van der Waals surface area (Å²) in [7, 11) is -3.38. The van der Waals surface area contributed by atoms with Crippen molar-refractivity contribution in [1.82, 2.24) is 0 Å². The number of carbonyl (C=O) groups is 1. The second kappa shape index (κ2) is 3.90. The van der Waals surface area contributed by atoms with Gasteiger partial charge >= 0.3 is 5.97 Å². The van der Waals surface area contributed by atoms with Gasteiger partial charge in [-0.1, -0.05) is 6.07 Å². The molecule has 0 saturated carbocycles. The first-order chi connectivity index (χ1) is 6.80. The van der Waals surface area contributed by atoms with Crippen LogP contribution in [0.25, 0.3) is 0 Å². The van der Waals surface area contributed by atoms with Crippen LogP contribution in [0, 0.1) is 0 Å². The summed E-state index contributed by atoms with van der Waals surface area (Å²) in [5, 5.41) is 17.9. The van der Waals surface area contributed by atoms with Crippen LogP contribution in [0.5, 0.6) is 5.75 Å². The number of aromatic hydroxyl groups is 1. The minimum absolute atomic E-state index is 0.0332. The van der Waals surface area contributed by atoms with Crippen molar-refractivity contribution in [3.8, 4) is 5.75 Å². The fraction of sp³-hybridized carbons (Fsp3) is 0.222. The maximum atomic E-state index is 11.1. The minimum atomic E-state index is -3.38. The van der Waals surface area contributed by atoms with Crippen molar-refractivity contribution < 1.29 is 23.4 Å². The van der Waals surface area contributed by atoms with Crippen LogP contribution in [0.15, 0.2) is 23.1 Å². The highest BCUT2D eigenvalue weighted by molar-refractivity contribution is 7.90. The van der Waals surface area contributed by atoms with Crippen molar-refractivity contribution in [1.29, 1.82) is 0 Å². The fourth-order valence-electron chi connectivity index (χ4n) is 1.09. The van der Waals surface area contributed by atoms with Gasteiger partial charge in [-0.2, -0.15) is 0 Å². The number of hydrogen-bond donors (Lipinski definition) is 2. The standard InChI is InChI=1S/C9H10O5S/c1-15(13,14)7-3-2-6(4-9(11)12)8(10)5-7/h2-3,5,10H,4H2,1H3,(H,11,12). The molecule has 0 unspecified atom stereocenters. The Labute approximate surface area is 86.9 Å². The lowest BCUT2D eigenvalue weighted by atomic mass is 10.1. The van der Waals surface area contributed by atoms with Gasteiger partial charge in [-0.25, -0.2) is 8.42 Å².